The number of pyridine rings is 2. The van der Waals surface area contributed by atoms with E-state index in [9.17, 15) is 14.7 Å². The molecule has 0 saturated carbocycles. The van der Waals surface area contributed by atoms with Gasteiger partial charge in [-0.3, -0.25) is 14.0 Å². The van der Waals surface area contributed by atoms with Gasteiger partial charge in [0, 0.05) is 36.1 Å². The highest BCUT2D eigenvalue weighted by atomic mass is 32.1. The highest BCUT2D eigenvalue weighted by Gasteiger charge is 2.25. The number of nitrogens with one attached hydrogen (secondary N) is 2. The molecule has 2 amide bonds. The summed E-state index contributed by atoms with van der Waals surface area (Å²) in [4.78, 5) is 36.0. The number of rotatable bonds is 10. The van der Waals surface area contributed by atoms with Crippen molar-refractivity contribution in [2.24, 2.45) is 5.92 Å². The number of aryl methyl sites for hydroxylation is 1. The number of aromatic nitrogens is 5. The van der Waals surface area contributed by atoms with Crippen LogP contribution in [0.2, 0.25) is 0 Å². The lowest BCUT2D eigenvalue weighted by Crippen LogP contribution is -2.39. The minimum Gasteiger partial charge on any atom is -0.394 e. The van der Waals surface area contributed by atoms with E-state index in [1.54, 1.807) is 33.6 Å². The van der Waals surface area contributed by atoms with Gasteiger partial charge < -0.3 is 15.7 Å². The molecular weight excluding hydrogens is 526 g/mol. The van der Waals surface area contributed by atoms with Crippen molar-refractivity contribution in [3.05, 3.63) is 88.3 Å². The minimum absolute atomic E-state index is 0.167. The normalized spacial score (nSPS) is 12.1. The van der Waals surface area contributed by atoms with Crippen LogP contribution in [0.1, 0.15) is 52.4 Å². The van der Waals surface area contributed by atoms with Crippen molar-refractivity contribution in [1.29, 1.82) is 0 Å². The zero-order chi connectivity index (χ0) is 28.2. The molecular formula is C29H31N7O3S. The van der Waals surface area contributed by atoms with Crippen LogP contribution in [0.4, 0.5) is 0 Å². The molecule has 11 heteroatoms. The Bertz CT molecular complexity index is 1620. The predicted octanol–water partition coefficient (Wildman–Crippen LogP) is 4.02. The molecule has 5 aromatic heterocycles. The third kappa shape index (κ3) is 5.80. The molecule has 0 aliphatic rings. The number of nitrogens with zero attached hydrogens (tertiary/aromatic N) is 5. The van der Waals surface area contributed by atoms with E-state index in [-0.39, 0.29) is 25.0 Å². The molecule has 0 spiro atoms. The average molecular weight is 558 g/mol. The van der Waals surface area contributed by atoms with Crippen LogP contribution in [0.15, 0.2) is 65.7 Å². The zero-order valence-electron chi connectivity index (χ0n) is 22.5. The first-order valence-electron chi connectivity index (χ1n) is 13.0. The third-order valence-corrected chi connectivity index (χ3v) is 7.12. The molecule has 0 aliphatic heterocycles. The first-order valence-corrected chi connectivity index (χ1v) is 14.0. The molecule has 0 aliphatic carbocycles. The lowest BCUT2D eigenvalue weighted by Gasteiger charge is -2.18. The number of aliphatic hydroxyl groups excluding tert-OH is 1. The molecule has 0 unspecified atom stereocenters. The molecule has 0 radical (unpaired) electrons. The summed E-state index contributed by atoms with van der Waals surface area (Å²) in [7, 11) is 0. The number of carbonyl (C=O) groups is 2. The number of amides is 2. The maximum atomic E-state index is 13.5. The van der Waals surface area contributed by atoms with Gasteiger partial charge >= 0.3 is 0 Å². The Kier molecular flexibility index (Phi) is 8.04. The molecule has 0 saturated heterocycles. The molecule has 3 N–H and O–H groups in total. The summed E-state index contributed by atoms with van der Waals surface area (Å²) in [5, 5.41) is 23.9. The second kappa shape index (κ2) is 11.8. The smallest absolute Gasteiger partial charge is 0.270 e. The van der Waals surface area contributed by atoms with Crippen molar-refractivity contribution in [2.45, 2.75) is 39.8 Å². The van der Waals surface area contributed by atoms with E-state index >= 15 is 0 Å². The van der Waals surface area contributed by atoms with Gasteiger partial charge in [-0.2, -0.15) is 16.4 Å². The van der Waals surface area contributed by atoms with Crippen molar-refractivity contribution in [2.75, 3.05) is 6.61 Å². The number of fused-ring (bicyclic) bond motifs is 1. The van der Waals surface area contributed by atoms with Crippen molar-refractivity contribution in [3.63, 3.8) is 0 Å². The number of hydrogen-bond donors (Lipinski definition) is 3. The van der Waals surface area contributed by atoms with Crippen LogP contribution >= 0.6 is 11.3 Å². The number of hydrogen-bond acceptors (Lipinski definition) is 7. The van der Waals surface area contributed by atoms with Crippen LogP contribution in [-0.2, 0) is 6.54 Å². The summed E-state index contributed by atoms with van der Waals surface area (Å²) in [6, 6.07) is 10.5. The molecule has 5 heterocycles. The predicted molar refractivity (Wildman–Crippen MR) is 154 cm³/mol. The Morgan fingerprint density at radius 1 is 1.10 bits per heavy atom. The van der Waals surface area contributed by atoms with Crippen LogP contribution in [0.3, 0.4) is 0 Å². The molecule has 206 valence electrons. The summed E-state index contributed by atoms with van der Waals surface area (Å²) < 4.78 is 3.34. The largest absolute Gasteiger partial charge is 0.394 e. The van der Waals surface area contributed by atoms with Crippen molar-refractivity contribution in [3.8, 4) is 17.1 Å². The monoisotopic (exact) mass is 557 g/mol. The summed E-state index contributed by atoms with van der Waals surface area (Å²) in [5.74, 6) is 0.310. The van der Waals surface area contributed by atoms with E-state index in [1.165, 1.54) is 11.3 Å². The molecule has 0 bridgehead atoms. The molecule has 5 rings (SSSR count). The minimum atomic E-state index is -0.392. The highest BCUT2D eigenvalue weighted by molar-refractivity contribution is 7.08. The molecule has 5 aromatic rings. The van der Waals surface area contributed by atoms with Crippen LogP contribution in [0.5, 0.6) is 0 Å². The van der Waals surface area contributed by atoms with Gasteiger partial charge in [0.05, 0.1) is 23.9 Å². The van der Waals surface area contributed by atoms with Gasteiger partial charge in [-0.15, -0.1) is 0 Å². The first kappa shape index (κ1) is 27.2. The number of aliphatic hydroxyl groups is 1. The Balaban J connectivity index is 1.41. The van der Waals surface area contributed by atoms with E-state index in [0.29, 0.717) is 40.8 Å². The van der Waals surface area contributed by atoms with E-state index in [2.05, 4.69) is 20.7 Å². The van der Waals surface area contributed by atoms with Gasteiger partial charge in [0.15, 0.2) is 11.5 Å². The fraction of sp³-hybridized carbons (Fsp3) is 0.276. The topological polar surface area (TPSA) is 126 Å². The number of carbonyl (C=O) groups excluding carboxylic acids is 2. The maximum absolute atomic E-state index is 13.5. The van der Waals surface area contributed by atoms with Gasteiger partial charge in [0.25, 0.3) is 11.8 Å². The molecule has 1 atom stereocenters. The van der Waals surface area contributed by atoms with E-state index in [4.69, 9.17) is 4.98 Å². The van der Waals surface area contributed by atoms with E-state index in [1.807, 2.05) is 62.0 Å². The zero-order valence-corrected chi connectivity index (χ0v) is 23.4. The van der Waals surface area contributed by atoms with Gasteiger partial charge in [0.2, 0.25) is 0 Å². The van der Waals surface area contributed by atoms with E-state index < -0.39 is 6.04 Å². The second-order valence-corrected chi connectivity index (χ2v) is 10.8. The van der Waals surface area contributed by atoms with Crippen LogP contribution < -0.4 is 10.6 Å². The molecule has 0 fully saturated rings. The Hall–Kier alpha value is -4.35. The summed E-state index contributed by atoms with van der Waals surface area (Å²) in [6.07, 6.45) is 5.91. The Labute approximate surface area is 235 Å². The van der Waals surface area contributed by atoms with E-state index in [0.717, 1.165) is 16.8 Å². The molecule has 0 aromatic carbocycles. The standard InChI is InChI=1S/C29H31N7O3S/c1-18(2)13-22(16-37)32-29(39)26-25(21-9-12-40-17-21)33-27-23(5-4-10-35(26)27)28(38)31-15-20-6-7-24(30-14-20)36-11-8-19(3)34-36/h4-12,14,17-18,22,37H,13,15-16H2,1-3H3,(H,31,38)(H,32,39)/t22-/m0/s1. The van der Waals surface area contributed by atoms with Crippen molar-refractivity contribution >= 4 is 28.8 Å². The fourth-order valence-corrected chi connectivity index (χ4v) is 5.18. The number of thiophene rings is 1. The summed E-state index contributed by atoms with van der Waals surface area (Å²) in [5.41, 5.74) is 4.03. The first-order chi connectivity index (χ1) is 19.3. The lowest BCUT2D eigenvalue weighted by molar-refractivity contribution is 0.0901. The van der Waals surface area contributed by atoms with Gasteiger partial charge in [-0.25, -0.2) is 14.6 Å². The van der Waals surface area contributed by atoms with Gasteiger partial charge in [-0.1, -0.05) is 19.9 Å². The Morgan fingerprint density at radius 2 is 1.95 bits per heavy atom. The summed E-state index contributed by atoms with van der Waals surface area (Å²) in [6.45, 7) is 6.09. The van der Waals surface area contributed by atoms with Crippen LogP contribution in [0.25, 0.3) is 22.7 Å². The van der Waals surface area contributed by atoms with Crippen molar-refractivity contribution in [1.82, 2.24) is 34.8 Å². The third-order valence-electron chi connectivity index (χ3n) is 6.44. The van der Waals surface area contributed by atoms with Gasteiger partial charge in [0.1, 0.15) is 11.4 Å². The quantitative estimate of drug-likeness (QED) is 0.238. The lowest BCUT2D eigenvalue weighted by atomic mass is 10.0. The van der Waals surface area contributed by atoms with Crippen LogP contribution in [-0.4, -0.2) is 53.7 Å². The molecule has 40 heavy (non-hydrogen) atoms. The SMILES string of the molecule is Cc1ccn(-c2ccc(CNC(=O)c3cccn4c(C(=O)N[C@H](CO)CC(C)C)c(-c5ccsc5)nc34)cn2)n1. The van der Waals surface area contributed by atoms with Crippen molar-refractivity contribution < 1.29 is 14.7 Å². The Morgan fingerprint density at radius 3 is 2.60 bits per heavy atom. The average Bonchev–Trinajstić information content (AvgIpc) is 3.70. The highest BCUT2D eigenvalue weighted by Crippen LogP contribution is 2.28. The fourth-order valence-electron chi connectivity index (χ4n) is 4.54. The molecule has 10 nitrogen and oxygen atoms in total. The maximum Gasteiger partial charge on any atom is 0.270 e. The number of imidazole rings is 1. The van der Waals surface area contributed by atoms with Crippen LogP contribution in [0, 0.1) is 12.8 Å². The second-order valence-electron chi connectivity index (χ2n) is 10.0. The summed E-state index contributed by atoms with van der Waals surface area (Å²) >= 11 is 1.50. The van der Waals surface area contributed by atoms with Gasteiger partial charge in [-0.05, 0) is 60.5 Å².